The molecule has 0 aromatic heterocycles. The minimum absolute atomic E-state index is 0.0796. The number of amidine groups is 1. The number of rotatable bonds is 8. The number of methoxy groups -OCH3 is 2. The Hall–Kier alpha value is -4.18. The van der Waals surface area contributed by atoms with Crippen LogP contribution < -0.4 is 10.1 Å². The molecule has 0 radical (unpaired) electrons. The molecule has 2 amide bonds. The van der Waals surface area contributed by atoms with Crippen LogP contribution in [0, 0.1) is 5.82 Å². The van der Waals surface area contributed by atoms with Gasteiger partial charge >= 0.3 is 5.97 Å². The molecule has 1 atom stereocenters. The van der Waals surface area contributed by atoms with E-state index in [0.717, 1.165) is 5.56 Å². The van der Waals surface area contributed by atoms with Gasteiger partial charge in [-0.25, -0.2) is 14.2 Å². The van der Waals surface area contributed by atoms with Gasteiger partial charge in [-0.1, -0.05) is 23.9 Å². The number of esters is 1. The molecule has 1 heterocycles. The molecule has 1 aliphatic heterocycles. The first kappa shape index (κ1) is 25.9. The van der Waals surface area contributed by atoms with Gasteiger partial charge in [-0.2, -0.15) is 0 Å². The number of amides is 2. The van der Waals surface area contributed by atoms with E-state index in [4.69, 9.17) is 4.74 Å². The van der Waals surface area contributed by atoms with E-state index in [1.54, 1.807) is 43.5 Å². The van der Waals surface area contributed by atoms with Crippen LogP contribution in [0.3, 0.4) is 0 Å². The molecule has 0 saturated carbocycles. The predicted molar refractivity (Wildman–Crippen MR) is 139 cm³/mol. The first-order chi connectivity index (χ1) is 17.9. The normalized spacial score (nSPS) is 16.1. The van der Waals surface area contributed by atoms with E-state index in [0.29, 0.717) is 27.9 Å². The van der Waals surface area contributed by atoms with Gasteiger partial charge in [0, 0.05) is 12.1 Å². The maximum atomic E-state index is 13.4. The van der Waals surface area contributed by atoms with Gasteiger partial charge in [-0.3, -0.25) is 14.5 Å². The zero-order valence-corrected chi connectivity index (χ0v) is 21.0. The lowest BCUT2D eigenvalue weighted by molar-refractivity contribution is -0.128. The SMILES string of the molecule is COC(=O)c1ccc(NC(=O)C[C@H]2SC(=Nc3ccc(F)cc3)N(Cc3ccc(OC)cc3)C2=O)cc1. The Kier molecular flexibility index (Phi) is 8.19. The number of ether oxygens (including phenoxy) is 2. The Morgan fingerprint density at radius 1 is 1.00 bits per heavy atom. The van der Waals surface area contributed by atoms with Gasteiger partial charge in [-0.15, -0.1) is 0 Å². The summed E-state index contributed by atoms with van der Waals surface area (Å²) >= 11 is 1.19. The molecule has 37 heavy (non-hydrogen) atoms. The van der Waals surface area contributed by atoms with E-state index < -0.39 is 11.2 Å². The van der Waals surface area contributed by atoms with Crippen molar-refractivity contribution >= 4 is 46.1 Å². The molecule has 0 unspecified atom stereocenters. The Bertz CT molecular complexity index is 1310. The molecule has 0 bridgehead atoms. The van der Waals surface area contributed by atoms with Crippen molar-refractivity contribution in [1.29, 1.82) is 0 Å². The van der Waals surface area contributed by atoms with Crippen molar-refractivity contribution in [2.45, 2.75) is 18.2 Å². The Morgan fingerprint density at radius 2 is 1.68 bits per heavy atom. The fourth-order valence-electron chi connectivity index (χ4n) is 3.60. The number of carbonyl (C=O) groups excluding carboxylic acids is 3. The topological polar surface area (TPSA) is 97.3 Å². The van der Waals surface area contributed by atoms with Crippen LogP contribution in [-0.2, 0) is 20.9 Å². The Balaban J connectivity index is 1.50. The van der Waals surface area contributed by atoms with Crippen LogP contribution in [0.4, 0.5) is 15.8 Å². The zero-order chi connectivity index (χ0) is 26.4. The van der Waals surface area contributed by atoms with Crippen molar-refractivity contribution in [2.24, 2.45) is 4.99 Å². The fourth-order valence-corrected chi connectivity index (χ4v) is 4.76. The maximum Gasteiger partial charge on any atom is 0.337 e. The number of hydrogen-bond acceptors (Lipinski definition) is 7. The number of anilines is 1. The number of halogens is 1. The maximum absolute atomic E-state index is 13.4. The van der Waals surface area contributed by atoms with Gasteiger partial charge in [0.15, 0.2) is 5.17 Å². The van der Waals surface area contributed by atoms with Crippen LogP contribution in [0.25, 0.3) is 0 Å². The number of carbonyl (C=O) groups is 3. The monoisotopic (exact) mass is 521 g/mol. The molecule has 1 aliphatic rings. The minimum Gasteiger partial charge on any atom is -0.497 e. The largest absolute Gasteiger partial charge is 0.497 e. The minimum atomic E-state index is -0.688. The van der Waals surface area contributed by atoms with Gasteiger partial charge in [0.2, 0.25) is 11.8 Å². The van der Waals surface area contributed by atoms with E-state index in [2.05, 4.69) is 15.0 Å². The van der Waals surface area contributed by atoms with E-state index in [1.165, 1.54) is 48.0 Å². The van der Waals surface area contributed by atoms with E-state index in [1.807, 2.05) is 12.1 Å². The predicted octanol–water partition coefficient (Wildman–Crippen LogP) is 4.78. The third-order valence-corrected chi connectivity index (χ3v) is 6.71. The average molecular weight is 522 g/mol. The molecule has 1 fully saturated rings. The first-order valence-electron chi connectivity index (χ1n) is 11.3. The summed E-state index contributed by atoms with van der Waals surface area (Å²) in [6.45, 7) is 0.253. The van der Waals surface area contributed by atoms with Crippen LogP contribution in [0.5, 0.6) is 5.75 Å². The summed E-state index contributed by atoms with van der Waals surface area (Å²) in [7, 11) is 2.87. The van der Waals surface area contributed by atoms with E-state index in [9.17, 15) is 18.8 Å². The van der Waals surface area contributed by atoms with Gasteiger partial charge in [-0.05, 0) is 66.2 Å². The number of nitrogens with zero attached hydrogens (tertiary/aromatic N) is 2. The van der Waals surface area contributed by atoms with Crippen LogP contribution in [0.2, 0.25) is 0 Å². The number of benzene rings is 3. The summed E-state index contributed by atoms with van der Waals surface area (Å²) in [5, 5.41) is 2.49. The van der Waals surface area contributed by atoms with Gasteiger partial charge in [0.05, 0.1) is 32.0 Å². The molecule has 3 aromatic carbocycles. The van der Waals surface area contributed by atoms with Gasteiger partial charge in [0.25, 0.3) is 0 Å². The summed E-state index contributed by atoms with van der Waals surface area (Å²) in [5.41, 5.74) is 2.20. The van der Waals surface area contributed by atoms with Crippen molar-refractivity contribution in [3.63, 3.8) is 0 Å². The van der Waals surface area contributed by atoms with Crippen molar-refractivity contribution in [2.75, 3.05) is 19.5 Å². The fraction of sp³-hybridized carbons (Fsp3) is 0.185. The molecule has 0 aliphatic carbocycles. The van der Waals surface area contributed by atoms with Crippen LogP contribution in [-0.4, -0.2) is 47.3 Å². The van der Waals surface area contributed by atoms with Gasteiger partial charge in [0.1, 0.15) is 16.8 Å². The zero-order valence-electron chi connectivity index (χ0n) is 20.1. The van der Waals surface area contributed by atoms with Crippen molar-refractivity contribution in [3.05, 3.63) is 89.7 Å². The van der Waals surface area contributed by atoms with E-state index >= 15 is 0 Å². The summed E-state index contributed by atoms with van der Waals surface area (Å²) in [4.78, 5) is 43.8. The lowest BCUT2D eigenvalue weighted by Gasteiger charge is -2.17. The smallest absolute Gasteiger partial charge is 0.337 e. The number of nitrogens with one attached hydrogen (secondary N) is 1. The molecule has 10 heteroatoms. The second-order valence-electron chi connectivity index (χ2n) is 8.07. The molecule has 4 rings (SSSR count). The molecule has 1 saturated heterocycles. The number of thioether (sulfide) groups is 1. The third kappa shape index (κ3) is 6.53. The van der Waals surface area contributed by atoms with Crippen LogP contribution in [0.15, 0.2) is 77.8 Å². The summed E-state index contributed by atoms with van der Waals surface area (Å²) in [6, 6.07) is 19.2. The summed E-state index contributed by atoms with van der Waals surface area (Å²) in [6.07, 6.45) is -0.0796. The second-order valence-corrected chi connectivity index (χ2v) is 9.24. The standard InChI is InChI=1S/C27H24FN3O5S/c1-35-22-13-3-17(4-14-22)16-31-25(33)23(37-27(31)30-21-11-7-19(28)8-12-21)15-24(32)29-20-9-5-18(6-10-20)26(34)36-2/h3-14,23H,15-16H2,1-2H3,(H,29,32)/t23-/m1/s1. The molecule has 190 valence electrons. The highest BCUT2D eigenvalue weighted by atomic mass is 32.2. The average Bonchev–Trinajstić information content (AvgIpc) is 3.19. The summed E-state index contributed by atoms with van der Waals surface area (Å²) < 4.78 is 23.2. The first-order valence-corrected chi connectivity index (χ1v) is 12.2. The molecule has 3 aromatic rings. The second kappa shape index (κ2) is 11.7. The molecular weight excluding hydrogens is 497 g/mol. The Labute approximate surface area is 217 Å². The van der Waals surface area contributed by atoms with Crippen molar-refractivity contribution in [1.82, 2.24) is 4.90 Å². The molecular formula is C27H24FN3O5S. The number of aliphatic imine (C=N–C) groups is 1. The Morgan fingerprint density at radius 3 is 2.30 bits per heavy atom. The number of hydrogen-bond donors (Lipinski definition) is 1. The highest BCUT2D eigenvalue weighted by molar-refractivity contribution is 8.15. The van der Waals surface area contributed by atoms with Crippen molar-refractivity contribution in [3.8, 4) is 5.75 Å². The van der Waals surface area contributed by atoms with Crippen LogP contribution in [0.1, 0.15) is 22.3 Å². The van der Waals surface area contributed by atoms with Crippen LogP contribution >= 0.6 is 11.8 Å². The highest BCUT2D eigenvalue weighted by Crippen LogP contribution is 2.33. The highest BCUT2D eigenvalue weighted by Gasteiger charge is 2.39. The quantitative estimate of drug-likeness (QED) is 0.429. The van der Waals surface area contributed by atoms with Crippen molar-refractivity contribution < 1.29 is 28.2 Å². The molecule has 1 N–H and O–H groups in total. The van der Waals surface area contributed by atoms with Gasteiger partial charge < -0.3 is 14.8 Å². The molecule has 8 nitrogen and oxygen atoms in total. The van der Waals surface area contributed by atoms with E-state index in [-0.39, 0.29) is 30.6 Å². The lowest BCUT2D eigenvalue weighted by atomic mass is 10.2. The molecule has 0 spiro atoms. The summed E-state index contributed by atoms with van der Waals surface area (Å²) in [5.74, 6) is -0.777. The lowest BCUT2D eigenvalue weighted by Crippen LogP contribution is -2.33. The third-order valence-electron chi connectivity index (χ3n) is 5.53.